The molecule has 2 amide bonds. The summed E-state index contributed by atoms with van der Waals surface area (Å²) in [5.41, 5.74) is 1.49. The molecule has 2 heterocycles. The number of nitro groups is 1. The highest BCUT2D eigenvalue weighted by Gasteiger charge is 2.59. The van der Waals surface area contributed by atoms with Gasteiger partial charge in [0.05, 0.1) is 22.1 Å². The van der Waals surface area contributed by atoms with E-state index in [0.717, 1.165) is 10.5 Å². The summed E-state index contributed by atoms with van der Waals surface area (Å²) in [4.78, 5) is 49.4. The van der Waals surface area contributed by atoms with Gasteiger partial charge in [-0.25, -0.2) is 4.79 Å². The van der Waals surface area contributed by atoms with Crippen molar-refractivity contribution in [3.8, 4) is 0 Å². The number of ether oxygens (including phenoxy) is 1. The number of nitrogens with one attached hydrogen (secondary N) is 1. The number of β-lactam (4-membered cyclic amide) rings is 1. The lowest BCUT2D eigenvalue weighted by Gasteiger charge is -2.52. The molecule has 2 aliphatic heterocycles. The maximum absolute atomic E-state index is 12.8. The number of rotatable bonds is 7. The van der Waals surface area contributed by atoms with Gasteiger partial charge in [-0.15, -0.1) is 0 Å². The highest BCUT2D eigenvalue weighted by molar-refractivity contribution is 7.86. The molecule has 10 nitrogen and oxygen atoms in total. The van der Waals surface area contributed by atoms with Gasteiger partial charge in [0.1, 0.15) is 18.0 Å². The molecule has 34 heavy (non-hydrogen) atoms. The summed E-state index contributed by atoms with van der Waals surface area (Å²) in [7, 11) is -1.54. The highest BCUT2D eigenvalue weighted by atomic mass is 32.2. The summed E-state index contributed by atoms with van der Waals surface area (Å²) in [6, 6.07) is 12.4. The number of benzene rings is 2. The largest absolute Gasteiger partial charge is 0.459 e. The topological polar surface area (TPSA) is 136 Å². The van der Waals surface area contributed by atoms with Gasteiger partial charge in [0, 0.05) is 17.9 Å². The van der Waals surface area contributed by atoms with Gasteiger partial charge in [0.25, 0.3) is 5.69 Å². The fraction of sp³-hybridized carbons (Fsp3) is 0.261. The van der Waals surface area contributed by atoms with E-state index in [2.05, 4.69) is 11.9 Å². The number of non-ortho nitro benzene ring substituents is 1. The van der Waals surface area contributed by atoms with Crippen molar-refractivity contribution in [2.45, 2.75) is 30.5 Å². The lowest BCUT2D eigenvalue weighted by atomic mass is 9.98. The lowest BCUT2D eigenvalue weighted by molar-refractivity contribution is -0.384. The fourth-order valence-corrected chi connectivity index (χ4v) is 5.61. The van der Waals surface area contributed by atoms with Crippen LogP contribution < -0.4 is 5.32 Å². The first-order valence-corrected chi connectivity index (χ1v) is 11.7. The second kappa shape index (κ2) is 9.56. The first-order valence-electron chi connectivity index (χ1n) is 10.4. The third-order valence-electron chi connectivity index (χ3n) is 5.62. The summed E-state index contributed by atoms with van der Waals surface area (Å²) in [6.45, 7) is 3.64. The molecule has 0 aliphatic carbocycles. The lowest BCUT2D eigenvalue weighted by Crippen LogP contribution is -2.77. The van der Waals surface area contributed by atoms with Crippen molar-refractivity contribution in [1.29, 1.82) is 0 Å². The summed E-state index contributed by atoms with van der Waals surface area (Å²) < 4.78 is 18.0. The average Bonchev–Trinajstić information content (AvgIpc) is 2.81. The van der Waals surface area contributed by atoms with Crippen molar-refractivity contribution in [2.24, 2.45) is 0 Å². The van der Waals surface area contributed by atoms with E-state index >= 15 is 0 Å². The number of amides is 2. The van der Waals surface area contributed by atoms with Crippen LogP contribution in [-0.4, -0.2) is 55.0 Å². The third kappa shape index (κ3) is 4.60. The van der Waals surface area contributed by atoms with Gasteiger partial charge in [-0.3, -0.25) is 23.9 Å². The van der Waals surface area contributed by atoms with E-state index in [1.54, 1.807) is 24.3 Å². The molecular weight excluding hydrogens is 462 g/mol. The van der Waals surface area contributed by atoms with Gasteiger partial charge in [-0.1, -0.05) is 36.9 Å². The van der Waals surface area contributed by atoms with Crippen LogP contribution in [0.15, 0.2) is 66.7 Å². The maximum atomic E-state index is 12.8. The van der Waals surface area contributed by atoms with Gasteiger partial charge in [0.2, 0.25) is 11.8 Å². The quantitative estimate of drug-likeness (QED) is 0.206. The third-order valence-corrected chi connectivity index (χ3v) is 7.31. The predicted octanol–water partition coefficient (Wildman–Crippen LogP) is 1.22. The Hall–Kier alpha value is -3.86. The molecule has 4 rings (SSSR count). The van der Waals surface area contributed by atoms with Crippen LogP contribution in [0.1, 0.15) is 11.1 Å². The molecule has 2 aliphatic rings. The maximum Gasteiger partial charge on any atom is 0.333 e. The molecular formula is C23H21N3O7S. The van der Waals surface area contributed by atoms with Crippen LogP contribution in [0, 0.1) is 10.1 Å². The zero-order valence-electron chi connectivity index (χ0n) is 17.9. The summed E-state index contributed by atoms with van der Waals surface area (Å²) in [6.07, 6.45) is 0.0669. The molecule has 4 atom stereocenters. The van der Waals surface area contributed by atoms with Gasteiger partial charge >= 0.3 is 5.97 Å². The van der Waals surface area contributed by atoms with Crippen LogP contribution in [0.4, 0.5) is 5.69 Å². The minimum atomic E-state index is -1.54. The number of carbonyl (C=O) groups excluding carboxylic acids is 3. The molecule has 2 saturated heterocycles. The first-order chi connectivity index (χ1) is 16.3. The Morgan fingerprint density at radius 1 is 1.15 bits per heavy atom. The van der Waals surface area contributed by atoms with E-state index in [1.165, 1.54) is 24.3 Å². The van der Waals surface area contributed by atoms with E-state index in [9.17, 15) is 28.7 Å². The number of nitro benzene ring substituents is 1. The Labute approximate surface area is 197 Å². The smallest absolute Gasteiger partial charge is 0.333 e. The van der Waals surface area contributed by atoms with Crippen LogP contribution in [-0.2, 0) is 42.9 Å². The molecule has 2 aromatic rings. The van der Waals surface area contributed by atoms with Crippen molar-refractivity contribution in [1.82, 2.24) is 10.2 Å². The minimum absolute atomic E-state index is 0.00317. The predicted molar refractivity (Wildman–Crippen MR) is 122 cm³/mol. The Morgan fingerprint density at radius 3 is 2.47 bits per heavy atom. The molecule has 0 spiro atoms. The van der Waals surface area contributed by atoms with Crippen LogP contribution in [0.2, 0.25) is 0 Å². The van der Waals surface area contributed by atoms with E-state index in [1.807, 2.05) is 6.07 Å². The zero-order valence-corrected chi connectivity index (χ0v) is 18.7. The van der Waals surface area contributed by atoms with E-state index < -0.39 is 45.1 Å². The number of esters is 1. The fourth-order valence-electron chi connectivity index (χ4n) is 3.95. The molecule has 11 heteroatoms. The Kier molecular flexibility index (Phi) is 6.55. The van der Waals surface area contributed by atoms with Crippen molar-refractivity contribution in [2.75, 3.05) is 5.75 Å². The van der Waals surface area contributed by atoms with E-state index in [-0.39, 0.29) is 35.9 Å². The Bertz CT molecular complexity index is 1180. The van der Waals surface area contributed by atoms with Gasteiger partial charge < -0.3 is 15.0 Å². The molecule has 176 valence electrons. The Balaban J connectivity index is 1.40. The highest BCUT2D eigenvalue weighted by Crippen LogP contribution is 2.35. The first kappa shape index (κ1) is 23.3. The van der Waals surface area contributed by atoms with Crippen molar-refractivity contribution < 1.29 is 28.3 Å². The number of hydrogen-bond acceptors (Lipinski definition) is 7. The van der Waals surface area contributed by atoms with Crippen molar-refractivity contribution in [3.05, 3.63) is 88.0 Å². The molecule has 0 bridgehead atoms. The number of hydrogen-bond donors (Lipinski definition) is 1. The van der Waals surface area contributed by atoms with E-state index in [0.29, 0.717) is 5.56 Å². The number of nitrogens with zero attached hydrogens (tertiary/aromatic N) is 2. The number of carbonyl (C=O) groups is 3. The van der Waals surface area contributed by atoms with Crippen LogP contribution >= 0.6 is 0 Å². The Morgan fingerprint density at radius 2 is 1.82 bits per heavy atom. The van der Waals surface area contributed by atoms with Crippen LogP contribution in [0.3, 0.4) is 0 Å². The second-order valence-electron chi connectivity index (χ2n) is 7.96. The van der Waals surface area contributed by atoms with Crippen LogP contribution in [0.25, 0.3) is 0 Å². The molecule has 2 fully saturated rings. The summed E-state index contributed by atoms with van der Waals surface area (Å²) >= 11 is 0. The number of fused-ring (bicyclic) bond motifs is 1. The summed E-state index contributed by atoms with van der Waals surface area (Å²) in [5, 5.41) is 12.5. The van der Waals surface area contributed by atoms with Gasteiger partial charge in [-0.2, -0.15) is 0 Å². The molecule has 0 radical (unpaired) electrons. The second-order valence-corrected chi connectivity index (χ2v) is 9.49. The molecule has 3 unspecified atom stereocenters. The van der Waals surface area contributed by atoms with Crippen molar-refractivity contribution >= 4 is 34.3 Å². The van der Waals surface area contributed by atoms with E-state index in [4.69, 9.17) is 4.74 Å². The zero-order chi connectivity index (χ0) is 24.4. The standard InChI is InChI=1S/C23H21N3O7S/c1-14-13-34(32)22-19(24-18(27)11-15-5-3-2-4-6-15)21(28)25(22)20(14)23(29)33-12-16-7-9-17(10-8-16)26(30)31/h2-10,19-20,22H,1,11-13H2,(H,24,27)/t19?,20?,22-,34?/m1/s1. The summed E-state index contributed by atoms with van der Waals surface area (Å²) in [5.74, 6) is -1.66. The van der Waals surface area contributed by atoms with Gasteiger partial charge in [-0.05, 0) is 28.8 Å². The van der Waals surface area contributed by atoms with Crippen LogP contribution in [0.5, 0.6) is 0 Å². The monoisotopic (exact) mass is 483 g/mol. The molecule has 1 N–H and O–H groups in total. The molecule has 0 aromatic heterocycles. The molecule has 0 saturated carbocycles. The van der Waals surface area contributed by atoms with Gasteiger partial charge in [0.15, 0.2) is 6.04 Å². The van der Waals surface area contributed by atoms with Crippen molar-refractivity contribution in [3.63, 3.8) is 0 Å². The molecule has 2 aromatic carbocycles. The average molecular weight is 484 g/mol. The minimum Gasteiger partial charge on any atom is -0.459 e. The normalized spacial score (nSPS) is 23.5. The SMILES string of the molecule is C=C1CS(=O)[C@@H]2C(NC(=O)Cc3ccccc3)C(=O)N2C1C(=O)OCc1ccc([N+](=O)[O-])cc1.